The number of rotatable bonds is 9. The first-order valence-corrected chi connectivity index (χ1v) is 12.1. The number of anilines is 1. The van der Waals surface area contributed by atoms with E-state index in [1.165, 1.54) is 22.2 Å². The van der Waals surface area contributed by atoms with Gasteiger partial charge in [-0.15, -0.1) is 22.0 Å². The quantitative estimate of drug-likeness (QED) is 0.420. The molecule has 0 atom stereocenters. The second-order valence-corrected chi connectivity index (χ2v) is 9.00. The Morgan fingerprint density at radius 2 is 1.77 bits per heavy atom. The second-order valence-electron chi connectivity index (χ2n) is 7.01. The highest BCUT2D eigenvalue weighted by Gasteiger charge is 2.17. The van der Waals surface area contributed by atoms with Crippen LogP contribution in [0.3, 0.4) is 0 Å². The van der Waals surface area contributed by atoms with Gasteiger partial charge in [-0.2, -0.15) is 0 Å². The van der Waals surface area contributed by atoms with Crippen molar-refractivity contribution >= 4 is 35.1 Å². The molecule has 0 saturated carbocycles. The molecule has 1 heterocycles. The molecule has 30 heavy (non-hydrogen) atoms. The van der Waals surface area contributed by atoms with Crippen LogP contribution in [0, 0.1) is 13.8 Å². The lowest BCUT2D eigenvalue weighted by molar-refractivity contribution is -0.116. The molecule has 0 saturated heterocycles. The number of nitrogens with zero attached hydrogens (tertiary/aromatic N) is 4. The number of aryl methyl sites for hydroxylation is 2. The van der Waals surface area contributed by atoms with Crippen LogP contribution in [0.2, 0.25) is 0 Å². The third-order valence-corrected chi connectivity index (χ3v) is 6.71. The molecule has 0 aliphatic carbocycles. The molecule has 158 valence electrons. The summed E-state index contributed by atoms with van der Waals surface area (Å²) in [7, 11) is 0. The molecule has 0 aliphatic rings. The summed E-state index contributed by atoms with van der Waals surface area (Å²) < 4.78 is 2.10. The van der Waals surface area contributed by atoms with Crippen LogP contribution >= 0.6 is 23.5 Å². The topological polar surface area (TPSA) is 51.0 Å². The number of benzene rings is 2. The van der Waals surface area contributed by atoms with Gasteiger partial charge in [-0.1, -0.05) is 41.6 Å². The molecule has 5 nitrogen and oxygen atoms in total. The van der Waals surface area contributed by atoms with E-state index in [-0.39, 0.29) is 5.91 Å². The highest BCUT2D eigenvalue weighted by Crippen LogP contribution is 2.25. The smallest absolute Gasteiger partial charge is 0.237 e. The summed E-state index contributed by atoms with van der Waals surface area (Å²) in [6, 6.07) is 16.5. The maximum atomic E-state index is 12.8. The van der Waals surface area contributed by atoms with Crippen LogP contribution in [0.25, 0.3) is 0 Å². The van der Waals surface area contributed by atoms with Crippen molar-refractivity contribution in [3.63, 3.8) is 0 Å². The summed E-state index contributed by atoms with van der Waals surface area (Å²) in [6.45, 7) is 9.63. The lowest BCUT2D eigenvalue weighted by Gasteiger charge is -2.21. The average molecular weight is 441 g/mol. The minimum atomic E-state index is 0.0781. The standard InChI is InChI=1S/C23H28N4OS2/c1-5-26(19-9-7-8-18(4)14-19)22(28)16-30-23-25-24-21(27(23)6-2)15-29-20-12-10-17(3)11-13-20/h7-14H,5-6,15-16H2,1-4H3. The van der Waals surface area contributed by atoms with Gasteiger partial charge in [0.2, 0.25) is 5.91 Å². The maximum absolute atomic E-state index is 12.8. The molecule has 3 aromatic rings. The Kier molecular flexibility index (Phi) is 7.99. The summed E-state index contributed by atoms with van der Waals surface area (Å²) in [4.78, 5) is 15.9. The fourth-order valence-corrected chi connectivity index (χ4v) is 4.87. The Labute approximate surface area is 187 Å². The van der Waals surface area contributed by atoms with E-state index in [1.54, 1.807) is 11.8 Å². The Bertz CT molecular complexity index is 985. The van der Waals surface area contributed by atoms with Gasteiger partial charge in [0.25, 0.3) is 0 Å². The van der Waals surface area contributed by atoms with Crippen LogP contribution in [0.4, 0.5) is 5.69 Å². The van der Waals surface area contributed by atoms with Gasteiger partial charge >= 0.3 is 0 Å². The van der Waals surface area contributed by atoms with Crippen molar-refractivity contribution in [2.24, 2.45) is 0 Å². The maximum Gasteiger partial charge on any atom is 0.237 e. The van der Waals surface area contributed by atoms with Crippen LogP contribution in [0.5, 0.6) is 0 Å². The first kappa shape index (κ1) is 22.4. The lowest BCUT2D eigenvalue weighted by Crippen LogP contribution is -2.32. The predicted molar refractivity (Wildman–Crippen MR) is 126 cm³/mol. The third kappa shape index (κ3) is 5.67. The number of hydrogen-bond acceptors (Lipinski definition) is 5. The molecule has 2 aromatic carbocycles. The van der Waals surface area contributed by atoms with E-state index in [0.29, 0.717) is 12.3 Å². The third-order valence-electron chi connectivity index (χ3n) is 4.75. The van der Waals surface area contributed by atoms with Crippen molar-refractivity contribution in [2.45, 2.75) is 50.0 Å². The zero-order valence-electron chi connectivity index (χ0n) is 18.0. The van der Waals surface area contributed by atoms with Crippen molar-refractivity contribution in [3.05, 3.63) is 65.5 Å². The SMILES string of the molecule is CCN(C(=O)CSc1nnc(CSc2ccc(C)cc2)n1CC)c1cccc(C)c1. The number of carbonyl (C=O) groups excluding carboxylic acids is 1. The number of hydrogen-bond donors (Lipinski definition) is 0. The van der Waals surface area contributed by atoms with Crippen molar-refractivity contribution in [3.8, 4) is 0 Å². The van der Waals surface area contributed by atoms with Gasteiger partial charge in [0.05, 0.1) is 11.5 Å². The molecule has 0 unspecified atom stereocenters. The summed E-state index contributed by atoms with van der Waals surface area (Å²) in [6.07, 6.45) is 0. The average Bonchev–Trinajstić information content (AvgIpc) is 3.14. The predicted octanol–water partition coefficient (Wildman–Crippen LogP) is 5.35. The fourth-order valence-electron chi connectivity index (χ4n) is 3.14. The molecule has 0 aliphatic heterocycles. The van der Waals surface area contributed by atoms with Crippen molar-refractivity contribution in [1.82, 2.24) is 14.8 Å². The first-order valence-electron chi connectivity index (χ1n) is 10.1. The Balaban J connectivity index is 1.63. The molecule has 3 rings (SSSR count). The van der Waals surface area contributed by atoms with Gasteiger partial charge in [-0.3, -0.25) is 4.79 Å². The molecule has 1 amide bonds. The van der Waals surface area contributed by atoms with Gasteiger partial charge in [0.15, 0.2) is 5.16 Å². The van der Waals surface area contributed by atoms with E-state index in [2.05, 4.69) is 52.9 Å². The van der Waals surface area contributed by atoms with E-state index < -0.39 is 0 Å². The molecular weight excluding hydrogens is 412 g/mol. The lowest BCUT2D eigenvalue weighted by atomic mass is 10.2. The van der Waals surface area contributed by atoms with Gasteiger partial charge in [-0.25, -0.2) is 0 Å². The van der Waals surface area contributed by atoms with E-state index >= 15 is 0 Å². The monoisotopic (exact) mass is 440 g/mol. The van der Waals surface area contributed by atoms with Gasteiger partial charge < -0.3 is 9.47 Å². The largest absolute Gasteiger partial charge is 0.312 e. The van der Waals surface area contributed by atoms with E-state index in [1.807, 2.05) is 43.0 Å². The zero-order valence-corrected chi connectivity index (χ0v) is 19.6. The Morgan fingerprint density at radius 3 is 2.43 bits per heavy atom. The number of aromatic nitrogens is 3. The molecule has 0 radical (unpaired) electrons. The fraction of sp³-hybridized carbons (Fsp3) is 0.348. The van der Waals surface area contributed by atoms with Crippen LogP contribution < -0.4 is 4.90 Å². The minimum absolute atomic E-state index is 0.0781. The summed E-state index contributed by atoms with van der Waals surface area (Å²) in [5.74, 6) is 2.10. The second kappa shape index (κ2) is 10.7. The Hall–Kier alpha value is -2.25. The van der Waals surface area contributed by atoms with Gasteiger partial charge in [0, 0.05) is 23.7 Å². The van der Waals surface area contributed by atoms with Crippen LogP contribution in [0.1, 0.15) is 30.8 Å². The normalized spacial score (nSPS) is 10.9. The van der Waals surface area contributed by atoms with Gasteiger partial charge in [0.1, 0.15) is 5.82 Å². The van der Waals surface area contributed by atoms with Gasteiger partial charge in [-0.05, 0) is 57.5 Å². The van der Waals surface area contributed by atoms with Crippen LogP contribution in [-0.2, 0) is 17.1 Å². The highest BCUT2D eigenvalue weighted by atomic mass is 32.2. The highest BCUT2D eigenvalue weighted by molar-refractivity contribution is 7.99. The summed E-state index contributed by atoms with van der Waals surface area (Å²) >= 11 is 3.20. The molecule has 0 fully saturated rings. The number of amides is 1. The van der Waals surface area contributed by atoms with Crippen LogP contribution in [-0.4, -0.2) is 33.0 Å². The summed E-state index contributed by atoms with van der Waals surface area (Å²) in [5, 5.41) is 9.52. The number of thioether (sulfide) groups is 2. The van der Waals surface area contributed by atoms with Crippen LogP contribution in [0.15, 0.2) is 58.6 Å². The molecule has 0 bridgehead atoms. The molecule has 0 spiro atoms. The van der Waals surface area contributed by atoms with Crippen molar-refractivity contribution in [2.75, 3.05) is 17.2 Å². The number of carbonyl (C=O) groups is 1. The minimum Gasteiger partial charge on any atom is -0.312 e. The van der Waals surface area contributed by atoms with E-state index in [0.717, 1.165) is 34.5 Å². The first-order chi connectivity index (χ1) is 14.5. The molecular formula is C23H28N4OS2. The molecule has 1 aromatic heterocycles. The van der Waals surface area contributed by atoms with E-state index in [9.17, 15) is 4.79 Å². The van der Waals surface area contributed by atoms with Crippen molar-refractivity contribution < 1.29 is 4.79 Å². The van der Waals surface area contributed by atoms with Crippen molar-refractivity contribution in [1.29, 1.82) is 0 Å². The zero-order chi connectivity index (χ0) is 21.5. The van der Waals surface area contributed by atoms with E-state index in [4.69, 9.17) is 0 Å². The Morgan fingerprint density at radius 1 is 1.00 bits per heavy atom. The molecule has 0 N–H and O–H groups in total. The molecule has 7 heteroatoms. The summed E-state index contributed by atoms with van der Waals surface area (Å²) in [5.41, 5.74) is 3.34.